The third-order valence-corrected chi connectivity index (χ3v) is 2.56. The van der Waals surface area contributed by atoms with Crippen LogP contribution >= 0.6 is 0 Å². The van der Waals surface area contributed by atoms with Gasteiger partial charge in [0.1, 0.15) is 0 Å². The van der Waals surface area contributed by atoms with Crippen molar-refractivity contribution in [3.63, 3.8) is 0 Å². The van der Waals surface area contributed by atoms with E-state index in [2.05, 4.69) is 15.5 Å². The van der Waals surface area contributed by atoms with E-state index in [4.69, 9.17) is 9.26 Å². The molecule has 1 aliphatic heterocycles. The van der Waals surface area contributed by atoms with Gasteiger partial charge in [0.25, 0.3) is 0 Å². The van der Waals surface area contributed by atoms with Gasteiger partial charge in [-0.05, 0) is 33.1 Å². The van der Waals surface area contributed by atoms with E-state index in [1.807, 2.05) is 13.8 Å². The highest BCUT2D eigenvalue weighted by molar-refractivity contribution is 5.19. The quantitative estimate of drug-likeness (QED) is 0.849. The number of ether oxygens (including phenoxy) is 1. The molecule has 1 aromatic rings. The maximum absolute atomic E-state index is 5.63. The highest BCUT2D eigenvalue weighted by atomic mass is 16.5. The van der Waals surface area contributed by atoms with Crippen molar-refractivity contribution in [1.82, 2.24) is 10.1 Å². The number of hydrogen-bond acceptors (Lipinski definition) is 5. The predicted octanol–water partition coefficient (Wildman–Crippen LogP) is 2.00. The summed E-state index contributed by atoms with van der Waals surface area (Å²) in [5.41, 5.74) is 0. The predicted molar refractivity (Wildman–Crippen MR) is 60.4 cm³/mol. The first-order valence-corrected chi connectivity index (χ1v) is 5.95. The molecule has 0 amide bonds. The lowest BCUT2D eigenvalue weighted by molar-refractivity contribution is 0.0153. The van der Waals surface area contributed by atoms with Gasteiger partial charge in [0, 0.05) is 19.1 Å². The van der Waals surface area contributed by atoms with Crippen LogP contribution in [-0.2, 0) is 11.2 Å². The van der Waals surface area contributed by atoms with Crippen LogP contribution in [-0.4, -0.2) is 28.9 Å². The maximum Gasteiger partial charge on any atom is 0.321 e. The lowest BCUT2D eigenvalue weighted by Gasteiger charge is -2.20. The van der Waals surface area contributed by atoms with Gasteiger partial charge >= 0.3 is 6.01 Å². The fourth-order valence-corrected chi connectivity index (χ4v) is 1.81. The first-order chi connectivity index (χ1) is 7.74. The summed E-state index contributed by atoms with van der Waals surface area (Å²) in [5, 5.41) is 7.02. The SMILES string of the molecule is CC(C)Nc1nc(CC2CCCCO2)no1. The Kier molecular flexibility index (Phi) is 3.77. The summed E-state index contributed by atoms with van der Waals surface area (Å²) in [6, 6.07) is 0.806. The molecule has 5 heteroatoms. The van der Waals surface area contributed by atoms with Gasteiger partial charge in [-0.25, -0.2) is 0 Å². The molecule has 1 atom stereocenters. The fraction of sp³-hybridized carbons (Fsp3) is 0.818. The Bertz CT molecular complexity index is 319. The Hall–Kier alpha value is -1.10. The van der Waals surface area contributed by atoms with Crippen LogP contribution < -0.4 is 5.32 Å². The lowest BCUT2D eigenvalue weighted by Crippen LogP contribution is -2.21. The zero-order valence-electron chi connectivity index (χ0n) is 9.90. The van der Waals surface area contributed by atoms with Gasteiger partial charge in [0.05, 0.1) is 6.10 Å². The second-order valence-corrected chi connectivity index (χ2v) is 4.51. The summed E-state index contributed by atoms with van der Waals surface area (Å²) < 4.78 is 10.7. The molecule has 16 heavy (non-hydrogen) atoms. The molecular weight excluding hydrogens is 206 g/mol. The summed E-state index contributed by atoms with van der Waals surface area (Å²) >= 11 is 0. The van der Waals surface area contributed by atoms with Crippen LogP contribution in [0, 0.1) is 0 Å². The topological polar surface area (TPSA) is 60.2 Å². The number of aromatic nitrogens is 2. The first-order valence-electron chi connectivity index (χ1n) is 5.95. The Morgan fingerprint density at radius 3 is 3.00 bits per heavy atom. The molecule has 1 saturated heterocycles. The van der Waals surface area contributed by atoms with Crippen LogP contribution in [0.25, 0.3) is 0 Å². The molecule has 1 aliphatic rings. The zero-order chi connectivity index (χ0) is 11.4. The molecule has 90 valence electrons. The van der Waals surface area contributed by atoms with Gasteiger partial charge in [0.15, 0.2) is 5.82 Å². The largest absolute Gasteiger partial charge is 0.378 e. The number of nitrogens with zero attached hydrogens (tertiary/aromatic N) is 2. The van der Waals surface area contributed by atoms with Crippen molar-refractivity contribution in [3.8, 4) is 0 Å². The zero-order valence-corrected chi connectivity index (χ0v) is 9.90. The third kappa shape index (κ3) is 3.20. The molecule has 0 spiro atoms. The molecule has 1 fully saturated rings. The third-order valence-electron chi connectivity index (χ3n) is 2.56. The van der Waals surface area contributed by atoms with E-state index in [-0.39, 0.29) is 6.10 Å². The minimum Gasteiger partial charge on any atom is -0.378 e. The van der Waals surface area contributed by atoms with E-state index >= 15 is 0 Å². The highest BCUT2D eigenvalue weighted by Crippen LogP contribution is 2.16. The molecule has 1 N–H and O–H groups in total. The molecule has 0 radical (unpaired) electrons. The van der Waals surface area contributed by atoms with Crippen LogP contribution in [0.15, 0.2) is 4.52 Å². The number of hydrogen-bond donors (Lipinski definition) is 1. The second kappa shape index (κ2) is 5.30. The minimum atomic E-state index is 0.262. The Labute approximate surface area is 95.6 Å². The van der Waals surface area contributed by atoms with Crippen molar-refractivity contribution < 1.29 is 9.26 Å². The molecule has 0 aromatic carbocycles. The minimum absolute atomic E-state index is 0.262. The monoisotopic (exact) mass is 225 g/mol. The molecule has 2 rings (SSSR count). The van der Waals surface area contributed by atoms with Crippen LogP contribution in [0.5, 0.6) is 0 Å². The van der Waals surface area contributed by atoms with E-state index in [0.717, 1.165) is 25.3 Å². The molecule has 2 heterocycles. The average molecular weight is 225 g/mol. The first kappa shape index (κ1) is 11.4. The Balaban J connectivity index is 1.86. The number of anilines is 1. The van der Waals surface area contributed by atoms with Gasteiger partial charge in [-0.2, -0.15) is 4.98 Å². The fourth-order valence-electron chi connectivity index (χ4n) is 1.81. The summed E-state index contributed by atoms with van der Waals surface area (Å²) in [7, 11) is 0. The summed E-state index contributed by atoms with van der Waals surface area (Å²) in [6.45, 7) is 4.93. The maximum atomic E-state index is 5.63. The summed E-state index contributed by atoms with van der Waals surface area (Å²) in [5.74, 6) is 0.732. The van der Waals surface area contributed by atoms with Crippen LogP contribution in [0.4, 0.5) is 6.01 Å². The molecule has 0 saturated carbocycles. The molecular formula is C11H19N3O2. The molecule has 5 nitrogen and oxygen atoms in total. The van der Waals surface area contributed by atoms with Crippen molar-refractivity contribution in [1.29, 1.82) is 0 Å². The van der Waals surface area contributed by atoms with Crippen molar-refractivity contribution in [3.05, 3.63) is 5.82 Å². The standard InChI is InChI=1S/C11H19N3O2/c1-8(2)12-11-13-10(14-16-11)7-9-5-3-4-6-15-9/h8-9H,3-7H2,1-2H3,(H,12,13,14). The van der Waals surface area contributed by atoms with E-state index in [1.165, 1.54) is 12.8 Å². The van der Waals surface area contributed by atoms with Crippen LogP contribution in [0.2, 0.25) is 0 Å². The van der Waals surface area contributed by atoms with Crippen LogP contribution in [0.3, 0.4) is 0 Å². The van der Waals surface area contributed by atoms with Crippen molar-refractivity contribution in [2.24, 2.45) is 0 Å². The smallest absolute Gasteiger partial charge is 0.321 e. The van der Waals surface area contributed by atoms with Gasteiger partial charge in [-0.1, -0.05) is 5.16 Å². The van der Waals surface area contributed by atoms with E-state index in [0.29, 0.717) is 12.1 Å². The molecule has 0 aliphatic carbocycles. The van der Waals surface area contributed by atoms with Crippen molar-refractivity contribution in [2.75, 3.05) is 11.9 Å². The van der Waals surface area contributed by atoms with E-state index in [9.17, 15) is 0 Å². The Morgan fingerprint density at radius 1 is 1.44 bits per heavy atom. The summed E-state index contributed by atoms with van der Waals surface area (Å²) in [6.07, 6.45) is 4.52. The lowest BCUT2D eigenvalue weighted by atomic mass is 10.1. The number of rotatable bonds is 4. The van der Waals surface area contributed by atoms with Gasteiger partial charge in [0.2, 0.25) is 0 Å². The van der Waals surface area contributed by atoms with Crippen LogP contribution in [0.1, 0.15) is 38.9 Å². The van der Waals surface area contributed by atoms with Crippen molar-refractivity contribution in [2.45, 2.75) is 51.7 Å². The van der Waals surface area contributed by atoms with Gasteiger partial charge < -0.3 is 14.6 Å². The highest BCUT2D eigenvalue weighted by Gasteiger charge is 2.17. The van der Waals surface area contributed by atoms with Crippen molar-refractivity contribution >= 4 is 6.01 Å². The van der Waals surface area contributed by atoms with E-state index in [1.54, 1.807) is 0 Å². The Morgan fingerprint density at radius 2 is 2.31 bits per heavy atom. The van der Waals surface area contributed by atoms with Gasteiger partial charge in [-0.3, -0.25) is 0 Å². The van der Waals surface area contributed by atoms with Gasteiger partial charge in [-0.15, -0.1) is 0 Å². The second-order valence-electron chi connectivity index (χ2n) is 4.51. The molecule has 0 bridgehead atoms. The average Bonchev–Trinajstić information content (AvgIpc) is 2.66. The normalized spacial score (nSPS) is 21.3. The summed E-state index contributed by atoms with van der Waals surface area (Å²) in [4.78, 5) is 4.28. The van der Waals surface area contributed by atoms with E-state index < -0.39 is 0 Å². The molecule has 1 unspecified atom stereocenters. The number of nitrogens with one attached hydrogen (secondary N) is 1. The molecule has 1 aromatic heterocycles.